The third kappa shape index (κ3) is 2.71. The van der Waals surface area contributed by atoms with Gasteiger partial charge in [-0.3, -0.25) is 9.59 Å². The van der Waals surface area contributed by atoms with Crippen molar-refractivity contribution in [2.75, 3.05) is 0 Å². The van der Waals surface area contributed by atoms with E-state index in [1.165, 1.54) is 0 Å². The zero-order valence-electron chi connectivity index (χ0n) is 17.4. The first-order chi connectivity index (χ1) is 13.0. The molecule has 0 heterocycles. The summed E-state index contributed by atoms with van der Waals surface area (Å²) < 4.78 is 0. The van der Waals surface area contributed by atoms with Gasteiger partial charge in [-0.15, -0.1) is 0 Å². The van der Waals surface area contributed by atoms with Crippen molar-refractivity contribution in [2.45, 2.75) is 52.4 Å². The Balaban J connectivity index is 2.30. The first-order valence-corrected chi connectivity index (χ1v) is 9.76. The van der Waals surface area contributed by atoms with Crippen LogP contribution in [0.3, 0.4) is 0 Å². The fraction of sp³-hybridized carbons (Fsp3) is 0.308. The summed E-state index contributed by atoms with van der Waals surface area (Å²) in [6.45, 7) is 13.0. The summed E-state index contributed by atoms with van der Waals surface area (Å²) in [6.07, 6.45) is 1.90. The third-order valence-electron chi connectivity index (χ3n) is 5.82. The Morgan fingerprint density at radius 1 is 0.571 bits per heavy atom. The van der Waals surface area contributed by atoms with Crippen molar-refractivity contribution in [3.05, 3.63) is 58.7 Å². The largest absolute Gasteiger partial charge is 0.298 e. The Morgan fingerprint density at radius 2 is 0.929 bits per heavy atom. The number of hydrogen-bond donors (Lipinski definition) is 0. The van der Waals surface area contributed by atoms with Crippen LogP contribution in [0.15, 0.2) is 36.4 Å². The van der Waals surface area contributed by atoms with Gasteiger partial charge in [0.05, 0.1) is 0 Å². The normalized spacial score (nSPS) is 12.9. The quantitative estimate of drug-likeness (QED) is 0.287. The van der Waals surface area contributed by atoms with Crippen molar-refractivity contribution in [3.8, 4) is 0 Å². The molecule has 0 atom stereocenters. The van der Waals surface area contributed by atoms with E-state index in [-0.39, 0.29) is 10.8 Å². The number of carbonyl (C=O) groups excluding carboxylic acids is 2. The van der Waals surface area contributed by atoms with Gasteiger partial charge in [0.25, 0.3) is 0 Å². The third-order valence-corrected chi connectivity index (χ3v) is 5.82. The molecule has 0 amide bonds. The zero-order chi connectivity index (χ0) is 20.4. The van der Waals surface area contributed by atoms with Gasteiger partial charge in [-0.25, -0.2) is 0 Å². The number of carbonyl (C=O) groups is 2. The van der Waals surface area contributed by atoms with Crippen LogP contribution < -0.4 is 0 Å². The number of rotatable bonds is 2. The molecule has 28 heavy (non-hydrogen) atoms. The van der Waals surface area contributed by atoms with Crippen molar-refractivity contribution in [1.29, 1.82) is 0 Å². The van der Waals surface area contributed by atoms with E-state index in [2.05, 4.69) is 65.8 Å². The summed E-state index contributed by atoms with van der Waals surface area (Å²) in [6, 6.07) is 12.6. The highest BCUT2D eigenvalue weighted by Gasteiger charge is 2.22. The molecule has 4 aromatic rings. The molecule has 2 nitrogen and oxygen atoms in total. The SMILES string of the molecule is CC(C)(C)c1cc2cc(C=O)c3cc(C(C)(C)C)cc4cc(C=O)c(c1)c2c43. The van der Waals surface area contributed by atoms with Gasteiger partial charge in [0.2, 0.25) is 0 Å². The lowest BCUT2D eigenvalue weighted by Crippen LogP contribution is -2.12. The van der Waals surface area contributed by atoms with Crippen LogP contribution >= 0.6 is 0 Å². The summed E-state index contributed by atoms with van der Waals surface area (Å²) >= 11 is 0. The van der Waals surface area contributed by atoms with Crippen molar-refractivity contribution in [3.63, 3.8) is 0 Å². The van der Waals surface area contributed by atoms with Gasteiger partial charge < -0.3 is 0 Å². The number of benzene rings is 4. The molecule has 0 spiro atoms. The van der Waals surface area contributed by atoms with Gasteiger partial charge in [0.15, 0.2) is 12.6 Å². The highest BCUT2D eigenvalue weighted by molar-refractivity contribution is 6.28. The Kier molecular flexibility index (Phi) is 3.91. The monoisotopic (exact) mass is 370 g/mol. The lowest BCUT2D eigenvalue weighted by molar-refractivity contribution is 0.111. The molecule has 0 unspecified atom stereocenters. The van der Waals surface area contributed by atoms with Crippen LogP contribution in [0.1, 0.15) is 73.4 Å². The molecule has 0 aliphatic heterocycles. The predicted molar refractivity (Wildman–Crippen MR) is 118 cm³/mol. The standard InChI is InChI=1S/C26H26O2/c1-25(2,3)19-9-15-7-18(14-28)22-12-20(26(4,5)6)10-16-8-17(13-27)21(11-19)23(15)24(16)22/h7-14H,1-6H3. The molecular weight excluding hydrogens is 344 g/mol. The average molecular weight is 370 g/mol. The molecule has 142 valence electrons. The lowest BCUT2D eigenvalue weighted by atomic mass is 9.79. The van der Waals surface area contributed by atoms with E-state index in [1.807, 2.05) is 12.1 Å². The van der Waals surface area contributed by atoms with Crippen LogP contribution in [-0.2, 0) is 10.8 Å². The first-order valence-electron chi connectivity index (χ1n) is 9.76. The Labute approximate surface area is 165 Å². The molecule has 0 saturated carbocycles. The van der Waals surface area contributed by atoms with E-state index in [0.717, 1.165) is 56.0 Å². The maximum absolute atomic E-state index is 12.0. The Hall–Kier alpha value is -2.74. The maximum atomic E-state index is 12.0. The van der Waals surface area contributed by atoms with Gasteiger partial charge in [-0.2, -0.15) is 0 Å². The fourth-order valence-corrected chi connectivity index (χ4v) is 4.12. The second kappa shape index (κ2) is 5.88. The smallest absolute Gasteiger partial charge is 0.150 e. The maximum Gasteiger partial charge on any atom is 0.150 e. The lowest BCUT2D eigenvalue weighted by Gasteiger charge is -2.24. The minimum absolute atomic E-state index is 0.0502. The second-order valence-electron chi connectivity index (χ2n) is 9.91. The van der Waals surface area contributed by atoms with E-state index in [4.69, 9.17) is 0 Å². The topological polar surface area (TPSA) is 34.1 Å². The van der Waals surface area contributed by atoms with Crippen LogP contribution in [0, 0.1) is 0 Å². The van der Waals surface area contributed by atoms with Gasteiger partial charge in [-0.1, -0.05) is 53.7 Å². The van der Waals surface area contributed by atoms with Gasteiger partial charge in [0, 0.05) is 11.1 Å². The fourth-order valence-electron chi connectivity index (χ4n) is 4.12. The minimum atomic E-state index is -0.0502. The van der Waals surface area contributed by atoms with Gasteiger partial charge >= 0.3 is 0 Å². The van der Waals surface area contributed by atoms with Crippen LogP contribution in [0.2, 0.25) is 0 Å². The van der Waals surface area contributed by atoms with Crippen LogP contribution in [0.5, 0.6) is 0 Å². The van der Waals surface area contributed by atoms with Crippen LogP contribution in [0.4, 0.5) is 0 Å². The number of hydrogen-bond acceptors (Lipinski definition) is 2. The molecule has 4 rings (SSSR count). The predicted octanol–water partition coefficient (Wildman–Crippen LogP) is 6.80. The molecule has 0 radical (unpaired) electrons. The minimum Gasteiger partial charge on any atom is -0.298 e. The first kappa shape index (κ1) is 18.6. The summed E-state index contributed by atoms with van der Waals surface area (Å²) in [5.74, 6) is 0. The Morgan fingerprint density at radius 3 is 1.21 bits per heavy atom. The molecule has 0 N–H and O–H groups in total. The molecule has 0 bridgehead atoms. The van der Waals surface area contributed by atoms with Crippen molar-refractivity contribution in [2.24, 2.45) is 0 Å². The molecule has 0 aromatic heterocycles. The summed E-state index contributed by atoms with van der Waals surface area (Å²) in [5.41, 5.74) is 3.63. The van der Waals surface area contributed by atoms with Crippen molar-refractivity contribution >= 4 is 44.9 Å². The van der Waals surface area contributed by atoms with E-state index in [1.54, 1.807) is 0 Å². The van der Waals surface area contributed by atoms with Crippen LogP contribution in [0.25, 0.3) is 32.3 Å². The molecular formula is C26H26O2. The molecule has 0 fully saturated rings. The molecule has 2 heteroatoms. The Bertz CT molecular complexity index is 1150. The van der Waals surface area contributed by atoms with Crippen molar-refractivity contribution in [1.82, 2.24) is 0 Å². The zero-order valence-corrected chi connectivity index (χ0v) is 17.4. The van der Waals surface area contributed by atoms with Crippen LogP contribution in [-0.4, -0.2) is 12.6 Å². The average Bonchev–Trinajstić information content (AvgIpc) is 2.62. The van der Waals surface area contributed by atoms with E-state index in [0.29, 0.717) is 11.1 Å². The number of aldehydes is 2. The summed E-state index contributed by atoms with van der Waals surface area (Å²) in [7, 11) is 0. The molecule has 0 saturated heterocycles. The second-order valence-corrected chi connectivity index (χ2v) is 9.91. The highest BCUT2D eigenvalue weighted by Crippen LogP contribution is 2.42. The van der Waals surface area contributed by atoms with E-state index < -0.39 is 0 Å². The van der Waals surface area contributed by atoms with Gasteiger partial charge in [0.1, 0.15) is 0 Å². The highest BCUT2D eigenvalue weighted by atomic mass is 16.1. The van der Waals surface area contributed by atoms with E-state index in [9.17, 15) is 9.59 Å². The van der Waals surface area contributed by atoms with E-state index >= 15 is 0 Å². The molecule has 4 aromatic carbocycles. The molecule has 0 aliphatic carbocycles. The molecule has 0 aliphatic rings. The summed E-state index contributed by atoms with van der Waals surface area (Å²) in [5, 5.41) is 6.14. The summed E-state index contributed by atoms with van der Waals surface area (Å²) in [4.78, 5) is 23.9. The van der Waals surface area contributed by atoms with Gasteiger partial charge in [-0.05, 0) is 78.5 Å². The van der Waals surface area contributed by atoms with Crippen molar-refractivity contribution < 1.29 is 9.59 Å².